The van der Waals surface area contributed by atoms with E-state index in [4.69, 9.17) is 0 Å². The van der Waals surface area contributed by atoms with Gasteiger partial charge in [0.2, 0.25) is 0 Å². The topological polar surface area (TPSA) is 57.6 Å². The smallest absolute Gasteiger partial charge is 0.264 e. The molecule has 132 valence electrons. The van der Waals surface area contributed by atoms with Gasteiger partial charge in [-0.15, -0.1) is 22.7 Å². The summed E-state index contributed by atoms with van der Waals surface area (Å²) in [5, 5.41) is 15.0. The van der Waals surface area contributed by atoms with Gasteiger partial charge in [0.05, 0.1) is 23.5 Å². The number of hydrogen-bond donors (Lipinski definition) is 1. The van der Waals surface area contributed by atoms with Crippen LogP contribution in [0.15, 0.2) is 57.7 Å². The number of ketones is 1. The van der Waals surface area contributed by atoms with Crippen molar-refractivity contribution in [3.05, 3.63) is 73.0 Å². The van der Waals surface area contributed by atoms with Gasteiger partial charge in [-0.25, -0.2) is 0 Å². The minimum Gasteiger partial charge on any atom is -0.375 e. The summed E-state index contributed by atoms with van der Waals surface area (Å²) in [6, 6.07) is 12.7. The summed E-state index contributed by atoms with van der Waals surface area (Å²) in [7, 11) is 0. The van der Waals surface area contributed by atoms with Crippen molar-refractivity contribution in [1.29, 1.82) is 0 Å². The van der Waals surface area contributed by atoms with Gasteiger partial charge in [0.1, 0.15) is 0 Å². The van der Waals surface area contributed by atoms with E-state index in [0.29, 0.717) is 22.7 Å². The Morgan fingerprint density at radius 1 is 1.15 bits per heavy atom. The molecule has 7 heteroatoms. The zero-order valence-electron chi connectivity index (χ0n) is 13.5. The molecule has 0 saturated carbocycles. The van der Waals surface area contributed by atoms with E-state index in [1.807, 2.05) is 23.6 Å². The summed E-state index contributed by atoms with van der Waals surface area (Å²) in [6.07, 6.45) is -0.267. The molecule has 1 amide bonds. The first kappa shape index (κ1) is 17.6. The molecule has 0 saturated heterocycles. The molecule has 1 aliphatic rings. The van der Waals surface area contributed by atoms with Crippen molar-refractivity contribution in [2.24, 2.45) is 0 Å². The van der Waals surface area contributed by atoms with Crippen molar-refractivity contribution in [1.82, 2.24) is 0 Å². The quantitative estimate of drug-likeness (QED) is 0.582. The molecule has 0 aliphatic carbocycles. The number of anilines is 1. The predicted molar refractivity (Wildman–Crippen MR) is 107 cm³/mol. The Labute approximate surface area is 166 Å². The molecule has 0 fully saturated rings. The Hall–Kier alpha value is -1.80. The van der Waals surface area contributed by atoms with Gasteiger partial charge in [-0.1, -0.05) is 28.1 Å². The second kappa shape index (κ2) is 6.74. The first-order chi connectivity index (χ1) is 12.5. The molecule has 4 rings (SSSR count). The molecule has 26 heavy (non-hydrogen) atoms. The number of carbonyl (C=O) groups excluding carboxylic acids is 2. The SMILES string of the molecule is O=C(C[C@@]1(O)C(=O)N(Cc2cccs2)c2ccc(Br)cc21)c1cccs1. The fraction of sp³-hybridized carbons (Fsp3) is 0.158. The van der Waals surface area contributed by atoms with Crippen LogP contribution in [0.5, 0.6) is 0 Å². The normalized spacial score (nSPS) is 19.0. The maximum absolute atomic E-state index is 13.1. The predicted octanol–water partition coefficient (Wildman–Crippen LogP) is 4.58. The number of rotatable bonds is 5. The number of benzene rings is 1. The molecule has 2 aromatic heterocycles. The van der Waals surface area contributed by atoms with Crippen LogP contribution in [0.4, 0.5) is 5.69 Å². The summed E-state index contributed by atoms with van der Waals surface area (Å²) in [6.45, 7) is 0.376. The van der Waals surface area contributed by atoms with Gasteiger partial charge in [0.15, 0.2) is 11.4 Å². The summed E-state index contributed by atoms with van der Waals surface area (Å²) < 4.78 is 0.754. The van der Waals surface area contributed by atoms with Crippen LogP contribution in [0.25, 0.3) is 0 Å². The fourth-order valence-electron chi connectivity index (χ4n) is 3.17. The van der Waals surface area contributed by atoms with E-state index in [1.54, 1.807) is 45.9 Å². The number of hydrogen-bond acceptors (Lipinski definition) is 5. The van der Waals surface area contributed by atoms with Gasteiger partial charge < -0.3 is 10.0 Å². The number of aliphatic hydroxyl groups is 1. The zero-order valence-corrected chi connectivity index (χ0v) is 16.7. The number of Topliss-reactive ketones (excluding diaryl/α,β-unsaturated/α-hetero) is 1. The van der Waals surface area contributed by atoms with Crippen molar-refractivity contribution >= 4 is 56.0 Å². The zero-order chi connectivity index (χ0) is 18.3. The number of carbonyl (C=O) groups is 2. The van der Waals surface area contributed by atoms with Gasteiger partial charge in [-0.05, 0) is 41.1 Å². The van der Waals surface area contributed by atoms with Crippen molar-refractivity contribution in [2.75, 3.05) is 4.90 Å². The van der Waals surface area contributed by atoms with Crippen LogP contribution in [-0.4, -0.2) is 16.8 Å². The Balaban J connectivity index is 1.74. The molecule has 0 bridgehead atoms. The van der Waals surface area contributed by atoms with Gasteiger partial charge in [-0.3, -0.25) is 9.59 Å². The van der Waals surface area contributed by atoms with Crippen molar-refractivity contribution in [3.63, 3.8) is 0 Å². The molecule has 3 aromatic rings. The van der Waals surface area contributed by atoms with Gasteiger partial charge in [-0.2, -0.15) is 0 Å². The maximum Gasteiger partial charge on any atom is 0.264 e. The minimum atomic E-state index is -1.85. The molecular formula is C19H14BrNO3S2. The molecule has 0 spiro atoms. The third-order valence-corrected chi connectivity index (χ3v) is 6.67. The molecule has 3 heterocycles. The molecular weight excluding hydrogens is 434 g/mol. The van der Waals surface area contributed by atoms with Crippen LogP contribution >= 0.6 is 38.6 Å². The average Bonchev–Trinajstić information content (AvgIpc) is 3.35. The van der Waals surface area contributed by atoms with E-state index < -0.39 is 11.5 Å². The van der Waals surface area contributed by atoms with Crippen LogP contribution < -0.4 is 4.90 Å². The Kier molecular flexibility index (Phi) is 4.56. The lowest BCUT2D eigenvalue weighted by Gasteiger charge is -2.22. The molecule has 1 atom stereocenters. The second-order valence-electron chi connectivity index (χ2n) is 6.07. The van der Waals surface area contributed by atoms with Gasteiger partial charge in [0, 0.05) is 14.9 Å². The highest BCUT2D eigenvalue weighted by Crippen LogP contribution is 2.45. The highest BCUT2D eigenvalue weighted by atomic mass is 79.9. The third kappa shape index (κ3) is 2.95. The van der Waals surface area contributed by atoms with Gasteiger partial charge >= 0.3 is 0 Å². The Morgan fingerprint density at radius 2 is 1.92 bits per heavy atom. The van der Waals surface area contributed by atoms with Crippen LogP contribution in [0, 0.1) is 0 Å². The molecule has 1 aliphatic heterocycles. The molecule has 0 unspecified atom stereocenters. The monoisotopic (exact) mass is 447 g/mol. The molecule has 1 aromatic carbocycles. The van der Waals surface area contributed by atoms with E-state index in [2.05, 4.69) is 15.9 Å². The van der Waals surface area contributed by atoms with Crippen LogP contribution in [0.2, 0.25) is 0 Å². The standard InChI is InChI=1S/C19H14BrNO3S2/c20-12-5-6-15-14(9-12)19(24,10-16(22)17-4-2-8-26-17)18(23)21(15)11-13-3-1-7-25-13/h1-9,24H,10-11H2/t19-/m0/s1. The van der Waals surface area contributed by atoms with E-state index in [1.165, 1.54) is 11.3 Å². The van der Waals surface area contributed by atoms with E-state index in [0.717, 1.165) is 9.35 Å². The van der Waals surface area contributed by atoms with E-state index >= 15 is 0 Å². The van der Waals surface area contributed by atoms with Crippen LogP contribution in [0.1, 0.15) is 26.5 Å². The van der Waals surface area contributed by atoms with Crippen LogP contribution in [0.3, 0.4) is 0 Å². The number of fused-ring (bicyclic) bond motifs is 1. The first-order valence-corrected chi connectivity index (χ1v) is 10.5. The molecule has 1 N–H and O–H groups in total. The Morgan fingerprint density at radius 3 is 2.62 bits per heavy atom. The Bertz CT molecular complexity index is 969. The third-order valence-electron chi connectivity index (χ3n) is 4.40. The fourth-order valence-corrected chi connectivity index (χ4v) is 4.88. The largest absolute Gasteiger partial charge is 0.375 e. The second-order valence-corrected chi connectivity index (χ2v) is 8.97. The highest BCUT2D eigenvalue weighted by Gasteiger charge is 2.51. The first-order valence-electron chi connectivity index (χ1n) is 7.92. The van der Waals surface area contributed by atoms with Crippen LogP contribution in [-0.2, 0) is 16.9 Å². The number of halogens is 1. The average molecular weight is 448 g/mol. The number of thiophene rings is 2. The van der Waals surface area contributed by atoms with Crippen molar-refractivity contribution < 1.29 is 14.7 Å². The van der Waals surface area contributed by atoms with Crippen molar-refractivity contribution in [3.8, 4) is 0 Å². The maximum atomic E-state index is 13.1. The lowest BCUT2D eigenvalue weighted by molar-refractivity contribution is -0.136. The number of nitrogens with zero attached hydrogens (tertiary/aromatic N) is 1. The van der Waals surface area contributed by atoms with Crippen molar-refractivity contribution in [2.45, 2.75) is 18.6 Å². The molecule has 0 radical (unpaired) electrons. The van der Waals surface area contributed by atoms with Gasteiger partial charge in [0.25, 0.3) is 5.91 Å². The molecule has 4 nitrogen and oxygen atoms in total. The summed E-state index contributed by atoms with van der Waals surface area (Å²) in [4.78, 5) is 28.9. The summed E-state index contributed by atoms with van der Waals surface area (Å²) in [5.74, 6) is -0.691. The lowest BCUT2D eigenvalue weighted by Crippen LogP contribution is -2.41. The van der Waals surface area contributed by atoms with E-state index in [-0.39, 0.29) is 12.2 Å². The highest BCUT2D eigenvalue weighted by molar-refractivity contribution is 9.10. The number of amides is 1. The summed E-state index contributed by atoms with van der Waals surface area (Å²) in [5.41, 5.74) is -0.733. The minimum absolute atomic E-state index is 0.236. The lowest BCUT2D eigenvalue weighted by atomic mass is 9.89. The van der Waals surface area contributed by atoms with E-state index in [9.17, 15) is 14.7 Å². The summed E-state index contributed by atoms with van der Waals surface area (Å²) >= 11 is 6.26.